The van der Waals surface area contributed by atoms with Crippen molar-refractivity contribution < 1.29 is 82.1 Å². The van der Waals surface area contributed by atoms with E-state index in [1.165, 1.54) is 31.2 Å². The van der Waals surface area contributed by atoms with E-state index in [1.807, 2.05) is 13.8 Å². The Morgan fingerprint density at radius 2 is 0.880 bits per heavy atom. The van der Waals surface area contributed by atoms with Gasteiger partial charge in [0.2, 0.25) is 88.6 Å². The van der Waals surface area contributed by atoms with E-state index < -0.39 is 195 Å². The largest absolute Gasteiger partial charge is 0.508 e. The molecular formula is C68H111N23O17. The molecule has 0 aliphatic rings. The van der Waals surface area contributed by atoms with Crippen molar-refractivity contribution in [3.8, 4) is 5.75 Å². The zero-order valence-electron chi connectivity index (χ0n) is 62.0. The summed E-state index contributed by atoms with van der Waals surface area (Å²) in [5.74, 6) is -14.6. The highest BCUT2D eigenvalue weighted by Gasteiger charge is 2.36. The number of unbranched alkanes of at least 4 members (excludes halogenated alkanes) is 1. The van der Waals surface area contributed by atoms with Crippen molar-refractivity contribution in [2.24, 2.45) is 67.7 Å². The van der Waals surface area contributed by atoms with E-state index in [0.717, 1.165) is 11.8 Å². The third-order valence-electron chi connectivity index (χ3n) is 15.9. The summed E-state index contributed by atoms with van der Waals surface area (Å²) in [5.41, 5.74) is 45.1. The molecule has 10 atom stereocenters. The molecule has 0 aromatic heterocycles. The predicted molar refractivity (Wildman–Crippen MR) is 396 cm³/mol. The van der Waals surface area contributed by atoms with Gasteiger partial charge >= 0.3 is 0 Å². The Labute approximate surface area is 626 Å². The fraction of sp³-hybridized carbons (Fsp3) is 0.574. The number of rotatable bonds is 51. The number of amides is 15. The first-order valence-corrected chi connectivity index (χ1v) is 35.3. The molecule has 0 spiro atoms. The fourth-order valence-electron chi connectivity index (χ4n) is 10.3. The van der Waals surface area contributed by atoms with Gasteiger partial charge in [0.25, 0.3) is 0 Å². The number of hydrogen-bond donors (Lipinski definition) is 22. The summed E-state index contributed by atoms with van der Waals surface area (Å²) in [6.07, 6.45) is -2.40. The minimum absolute atomic E-state index is 0.000715. The van der Waals surface area contributed by atoms with Gasteiger partial charge in [-0.3, -0.25) is 81.9 Å². The quantitative estimate of drug-likeness (QED) is 0.0166. The molecule has 108 heavy (non-hydrogen) atoms. The maximum Gasteiger partial charge on any atom is 0.245 e. The van der Waals surface area contributed by atoms with Crippen LogP contribution in [0, 0.1) is 11.8 Å². The first kappa shape index (κ1) is 92.8. The third-order valence-corrected chi connectivity index (χ3v) is 15.9. The SMILES string of the molecule is CC(C)CC(NC(=O)C(C)N)C(=O)NC(CCCCN)C(=O)NC(CCCN=C(N)N)C(=O)NC(CCC(N)=O)C(=O)NCC(=O)NC(CCCN=C(N)N)C(=O)NC(C(=O)NC(CC(C)C)C(=O)NC(Cc1ccc(O)cc1)C(=O)NCC(=O)N(CC(=O)NCC(=O)NCC(N)=O)Cc1ccccc1)C(C)O. The van der Waals surface area contributed by atoms with Gasteiger partial charge in [0.1, 0.15) is 54.1 Å². The average molecular weight is 1520 g/mol. The van der Waals surface area contributed by atoms with E-state index in [0.29, 0.717) is 24.0 Å². The van der Waals surface area contributed by atoms with Gasteiger partial charge in [0.05, 0.1) is 44.9 Å². The molecule has 2 aromatic carbocycles. The molecule has 0 bridgehead atoms. The van der Waals surface area contributed by atoms with Crippen LogP contribution in [0.2, 0.25) is 0 Å². The molecule has 0 fully saturated rings. The van der Waals surface area contributed by atoms with Crippen LogP contribution in [-0.4, -0.2) is 228 Å². The number of carbonyl (C=O) groups is 15. The van der Waals surface area contributed by atoms with E-state index in [9.17, 15) is 82.1 Å². The van der Waals surface area contributed by atoms with E-state index in [-0.39, 0.29) is 107 Å². The van der Waals surface area contributed by atoms with Crippen molar-refractivity contribution in [2.45, 2.75) is 186 Å². The van der Waals surface area contributed by atoms with Crippen molar-refractivity contribution in [3.05, 3.63) is 65.7 Å². The van der Waals surface area contributed by atoms with E-state index >= 15 is 0 Å². The number of nitrogens with zero attached hydrogens (tertiary/aromatic N) is 3. The summed E-state index contributed by atoms with van der Waals surface area (Å²) >= 11 is 0. The normalized spacial score (nSPS) is 13.7. The summed E-state index contributed by atoms with van der Waals surface area (Å²) in [7, 11) is 0. The Morgan fingerprint density at radius 3 is 1.37 bits per heavy atom. The average Bonchev–Trinajstić information content (AvgIpc) is 0.856. The highest BCUT2D eigenvalue weighted by molar-refractivity contribution is 5.99. The van der Waals surface area contributed by atoms with Gasteiger partial charge in [0.15, 0.2) is 11.9 Å². The molecule has 0 saturated carbocycles. The lowest BCUT2D eigenvalue weighted by Gasteiger charge is -2.28. The van der Waals surface area contributed by atoms with Gasteiger partial charge in [-0.15, -0.1) is 0 Å². The lowest BCUT2D eigenvalue weighted by Crippen LogP contribution is -2.61. The van der Waals surface area contributed by atoms with Crippen LogP contribution in [0.25, 0.3) is 0 Å². The molecule has 0 saturated heterocycles. The topological polar surface area (TPSA) is 677 Å². The number of hydrogen-bond acceptors (Lipinski definition) is 21. The molecule has 2 rings (SSSR count). The maximum atomic E-state index is 14.5. The van der Waals surface area contributed by atoms with Crippen molar-refractivity contribution >= 4 is 101 Å². The van der Waals surface area contributed by atoms with Crippen LogP contribution in [-0.2, 0) is 84.9 Å². The second-order valence-corrected chi connectivity index (χ2v) is 26.5. The number of primary amides is 2. The van der Waals surface area contributed by atoms with Crippen molar-refractivity contribution in [2.75, 3.05) is 52.4 Å². The standard InChI is InChI=1S/C68H111N23O17/c1-37(2)28-48(87-58(100)39(5)70)64(106)85-45(16-10-11-25-69)61(103)84-46(18-13-27-78-68(75)76)62(104)86-47(23-24-51(71)94)59(101)81-33-54(97)83-44(17-12-26-77-67(73)74)63(105)90-57(40(6)92)66(108)89-49(29-38(3)4)65(107)88-50(30-41-19-21-43(93)22-20-41)60(102)82-34-56(99)91(35-42-14-8-7-9-15-42)36-55(98)80-32-53(96)79-31-52(72)95/h7-9,14-15,19-22,37-40,44-50,57,92-93H,10-13,16-18,23-36,69-70H2,1-6H3,(H2,71,94)(H2,72,95)(H,79,96)(H,80,98)(H,81,101)(H,82,102)(H,83,97)(H,84,103)(H,85,106)(H,86,104)(H,87,100)(H,88,107)(H,89,108)(H,90,105)(H4,73,74,77)(H4,75,76,78). The van der Waals surface area contributed by atoms with Crippen LogP contribution in [0.3, 0.4) is 0 Å². The zero-order valence-corrected chi connectivity index (χ0v) is 62.0. The molecule has 40 nitrogen and oxygen atoms in total. The molecule has 30 N–H and O–H groups in total. The first-order chi connectivity index (χ1) is 50.9. The molecule has 2 aromatic rings. The lowest BCUT2D eigenvalue weighted by molar-refractivity contribution is -0.138. The van der Waals surface area contributed by atoms with E-state index in [4.69, 9.17) is 45.9 Å². The summed E-state index contributed by atoms with van der Waals surface area (Å²) in [6, 6.07) is 1.09. The summed E-state index contributed by atoms with van der Waals surface area (Å²) in [4.78, 5) is 211. The highest BCUT2D eigenvalue weighted by atomic mass is 16.3. The number of benzene rings is 2. The highest BCUT2D eigenvalue weighted by Crippen LogP contribution is 2.15. The van der Waals surface area contributed by atoms with Crippen LogP contribution < -0.4 is 110 Å². The number of phenols is 1. The smallest absolute Gasteiger partial charge is 0.245 e. The molecule has 0 radical (unpaired) electrons. The summed E-state index contributed by atoms with van der Waals surface area (Å²) in [6.45, 7) is 6.30. The van der Waals surface area contributed by atoms with Crippen LogP contribution >= 0.6 is 0 Å². The number of nitrogens with two attached hydrogens (primary N) is 8. The van der Waals surface area contributed by atoms with Gasteiger partial charge in [-0.2, -0.15) is 0 Å². The van der Waals surface area contributed by atoms with Gasteiger partial charge in [-0.25, -0.2) is 0 Å². The molecular weight excluding hydrogens is 1410 g/mol. The number of nitrogens with one attached hydrogen (secondary N) is 12. The van der Waals surface area contributed by atoms with Crippen LogP contribution in [0.5, 0.6) is 5.75 Å². The molecule has 0 aliphatic heterocycles. The monoisotopic (exact) mass is 1520 g/mol. The lowest BCUT2D eigenvalue weighted by atomic mass is 10.00. The third kappa shape index (κ3) is 38.6. The molecule has 0 heterocycles. The summed E-state index contributed by atoms with van der Waals surface area (Å²) < 4.78 is 0. The Balaban J connectivity index is 2.46. The Bertz CT molecular complexity index is 3390. The van der Waals surface area contributed by atoms with Gasteiger partial charge in [0, 0.05) is 32.5 Å². The van der Waals surface area contributed by atoms with Crippen LogP contribution in [0.15, 0.2) is 64.6 Å². The van der Waals surface area contributed by atoms with Crippen molar-refractivity contribution in [1.29, 1.82) is 0 Å². The Hall–Kier alpha value is -11.3. The van der Waals surface area contributed by atoms with Crippen molar-refractivity contribution in [1.82, 2.24) is 68.7 Å². The number of guanidine groups is 2. The number of aromatic hydroxyl groups is 1. The number of aliphatic hydroxyl groups is 1. The number of aliphatic hydroxyl groups excluding tert-OH is 1. The van der Waals surface area contributed by atoms with E-state index in [2.05, 4.69) is 73.8 Å². The van der Waals surface area contributed by atoms with Crippen LogP contribution in [0.4, 0.5) is 0 Å². The molecule has 0 aliphatic carbocycles. The number of phenolic OH excluding ortho intramolecular Hbond substituents is 1. The molecule has 600 valence electrons. The number of aliphatic imine (C=N–C) groups is 2. The Morgan fingerprint density at radius 1 is 0.435 bits per heavy atom. The second-order valence-electron chi connectivity index (χ2n) is 26.5. The zero-order chi connectivity index (χ0) is 81.2. The Kier molecular flexibility index (Phi) is 42.5. The molecule has 40 heteroatoms. The fourth-order valence-corrected chi connectivity index (χ4v) is 10.3. The van der Waals surface area contributed by atoms with Gasteiger partial charge < -0.3 is 125 Å². The molecule has 10 unspecified atom stereocenters. The number of carbonyl (C=O) groups excluding carboxylic acids is 15. The minimum atomic E-state index is -1.86. The van der Waals surface area contributed by atoms with Crippen LogP contribution in [0.1, 0.15) is 123 Å². The summed E-state index contributed by atoms with van der Waals surface area (Å²) in [5, 5.41) is 50.9. The van der Waals surface area contributed by atoms with Gasteiger partial charge in [-0.1, -0.05) is 70.2 Å². The first-order valence-electron chi connectivity index (χ1n) is 35.3. The molecule has 15 amide bonds. The minimum Gasteiger partial charge on any atom is -0.508 e. The second kappa shape index (κ2) is 49.5. The maximum absolute atomic E-state index is 14.5. The van der Waals surface area contributed by atoms with Gasteiger partial charge in [-0.05, 0) is 120 Å². The van der Waals surface area contributed by atoms with E-state index in [1.54, 1.807) is 44.2 Å². The van der Waals surface area contributed by atoms with Crippen molar-refractivity contribution in [3.63, 3.8) is 0 Å². The predicted octanol–water partition coefficient (Wildman–Crippen LogP) is -7.89.